The molecular formula is C20H25ClN2O5S. The highest BCUT2D eigenvalue weighted by molar-refractivity contribution is 7.92. The lowest BCUT2D eigenvalue weighted by atomic mass is 10.2. The lowest BCUT2D eigenvalue weighted by Crippen LogP contribution is -2.38. The summed E-state index contributed by atoms with van der Waals surface area (Å²) >= 11 is 6.17. The van der Waals surface area contributed by atoms with E-state index < -0.39 is 10.0 Å². The Morgan fingerprint density at radius 2 is 1.83 bits per heavy atom. The zero-order valence-electron chi connectivity index (χ0n) is 16.6. The molecule has 2 aromatic carbocycles. The first-order chi connectivity index (χ1) is 13.7. The van der Waals surface area contributed by atoms with E-state index in [-0.39, 0.29) is 25.1 Å². The van der Waals surface area contributed by atoms with Gasteiger partial charge in [-0.25, -0.2) is 8.42 Å². The number of benzene rings is 2. The van der Waals surface area contributed by atoms with Gasteiger partial charge in [0.25, 0.3) is 5.91 Å². The molecule has 0 bridgehead atoms. The van der Waals surface area contributed by atoms with E-state index in [1.165, 1.54) is 4.31 Å². The number of carbonyl (C=O) groups is 1. The van der Waals surface area contributed by atoms with Gasteiger partial charge in [-0.15, -0.1) is 0 Å². The molecular weight excluding hydrogens is 416 g/mol. The second-order valence-corrected chi connectivity index (χ2v) is 8.88. The molecule has 1 amide bonds. The van der Waals surface area contributed by atoms with Crippen molar-refractivity contribution < 1.29 is 22.7 Å². The highest BCUT2D eigenvalue weighted by atomic mass is 35.5. The number of sulfonamides is 1. The maximum Gasteiger partial charge on any atom is 0.258 e. The average molecular weight is 441 g/mol. The number of hydrogen-bond acceptors (Lipinski definition) is 5. The van der Waals surface area contributed by atoms with Gasteiger partial charge in [-0.3, -0.25) is 9.10 Å². The number of ether oxygens (including phenoxy) is 2. The lowest BCUT2D eigenvalue weighted by molar-refractivity contribution is -0.124. The summed E-state index contributed by atoms with van der Waals surface area (Å²) in [6.07, 6.45) is 1.14. The monoisotopic (exact) mass is 440 g/mol. The second kappa shape index (κ2) is 10.5. The van der Waals surface area contributed by atoms with E-state index in [1.54, 1.807) is 55.6 Å². The smallest absolute Gasteiger partial charge is 0.258 e. The molecule has 0 aliphatic carbocycles. The number of halogens is 1. The molecule has 0 spiro atoms. The second-order valence-electron chi connectivity index (χ2n) is 6.57. The zero-order valence-corrected chi connectivity index (χ0v) is 18.2. The molecule has 0 aliphatic heterocycles. The minimum absolute atomic E-state index is 0.110. The van der Waals surface area contributed by atoms with Gasteiger partial charge >= 0.3 is 0 Å². The Labute approximate surface area is 176 Å². The third-order valence-corrected chi connectivity index (χ3v) is 5.50. The van der Waals surface area contributed by atoms with Crippen molar-refractivity contribution >= 4 is 33.2 Å². The Morgan fingerprint density at radius 3 is 2.41 bits per heavy atom. The van der Waals surface area contributed by atoms with Crippen molar-refractivity contribution in [3.63, 3.8) is 0 Å². The van der Waals surface area contributed by atoms with Gasteiger partial charge in [-0.2, -0.15) is 0 Å². The number of amides is 1. The number of carbonyl (C=O) groups excluding carboxylic acids is 1. The third kappa shape index (κ3) is 7.23. The maximum atomic E-state index is 12.3. The lowest BCUT2D eigenvalue weighted by Gasteiger charge is -2.23. The van der Waals surface area contributed by atoms with Crippen LogP contribution in [0.3, 0.4) is 0 Å². The van der Waals surface area contributed by atoms with Crippen LogP contribution < -0.4 is 14.4 Å². The molecule has 2 rings (SSSR count). The fraction of sp³-hybridized carbons (Fsp3) is 0.350. The van der Waals surface area contributed by atoms with Crippen molar-refractivity contribution in [3.05, 3.63) is 59.1 Å². The Hall–Kier alpha value is -2.29. The van der Waals surface area contributed by atoms with Crippen molar-refractivity contribution in [2.24, 2.45) is 0 Å². The van der Waals surface area contributed by atoms with Gasteiger partial charge in [0, 0.05) is 18.2 Å². The summed E-state index contributed by atoms with van der Waals surface area (Å²) < 4.78 is 36.3. The first kappa shape index (κ1) is 23.0. The molecule has 0 saturated heterocycles. The summed E-state index contributed by atoms with van der Waals surface area (Å²) in [7, 11) is -1.97. The predicted octanol–water partition coefficient (Wildman–Crippen LogP) is 2.84. The summed E-state index contributed by atoms with van der Waals surface area (Å²) in [4.78, 5) is 11.9. The molecule has 0 radical (unpaired) electrons. The number of rotatable bonds is 10. The number of hydrogen-bond donors (Lipinski definition) is 1. The van der Waals surface area contributed by atoms with E-state index in [0.29, 0.717) is 28.6 Å². The Balaban J connectivity index is 2.06. The van der Waals surface area contributed by atoms with Crippen LogP contribution in [0.5, 0.6) is 5.75 Å². The zero-order chi connectivity index (χ0) is 21.4. The molecule has 29 heavy (non-hydrogen) atoms. The van der Waals surface area contributed by atoms with Gasteiger partial charge in [0.2, 0.25) is 10.0 Å². The summed E-state index contributed by atoms with van der Waals surface area (Å²) in [6.45, 7) is 2.20. The van der Waals surface area contributed by atoms with Crippen LogP contribution in [-0.4, -0.2) is 46.9 Å². The third-order valence-electron chi connectivity index (χ3n) is 3.99. The van der Waals surface area contributed by atoms with Gasteiger partial charge in [0.1, 0.15) is 5.75 Å². The molecule has 1 unspecified atom stereocenters. The number of nitrogens with one attached hydrogen (secondary N) is 1. The molecule has 0 saturated carbocycles. The van der Waals surface area contributed by atoms with Gasteiger partial charge in [0.05, 0.1) is 25.1 Å². The molecule has 1 N–H and O–H groups in total. The molecule has 2 aromatic rings. The highest BCUT2D eigenvalue weighted by Gasteiger charge is 2.19. The minimum Gasteiger partial charge on any atom is -0.484 e. The van der Waals surface area contributed by atoms with E-state index >= 15 is 0 Å². The normalized spacial score (nSPS) is 12.3. The van der Waals surface area contributed by atoms with Crippen LogP contribution in [0.1, 0.15) is 12.5 Å². The fourth-order valence-electron chi connectivity index (χ4n) is 2.65. The molecule has 0 fully saturated rings. The summed E-state index contributed by atoms with van der Waals surface area (Å²) in [6, 6.07) is 13.4. The van der Waals surface area contributed by atoms with Crippen LogP contribution in [0.2, 0.25) is 5.02 Å². The van der Waals surface area contributed by atoms with Crippen LogP contribution in [0, 0.1) is 0 Å². The summed E-state index contributed by atoms with van der Waals surface area (Å²) in [5.41, 5.74) is 1.17. The van der Waals surface area contributed by atoms with Crippen LogP contribution in [0.15, 0.2) is 48.5 Å². The summed E-state index contributed by atoms with van der Waals surface area (Å²) in [5.74, 6) is 0.185. The minimum atomic E-state index is -3.53. The van der Waals surface area contributed by atoms with Crippen molar-refractivity contribution in [1.82, 2.24) is 5.32 Å². The largest absolute Gasteiger partial charge is 0.484 e. The maximum absolute atomic E-state index is 12.3. The van der Waals surface area contributed by atoms with Crippen molar-refractivity contribution in [3.8, 4) is 5.75 Å². The number of nitrogens with zero attached hydrogens (tertiary/aromatic N) is 1. The molecule has 0 heterocycles. The Morgan fingerprint density at radius 1 is 1.17 bits per heavy atom. The van der Waals surface area contributed by atoms with E-state index in [4.69, 9.17) is 21.1 Å². The number of methoxy groups -OCH3 is 1. The van der Waals surface area contributed by atoms with Crippen LogP contribution in [-0.2, 0) is 26.1 Å². The SMILES string of the molecule is COCC(C)NC(=O)COc1ccc(N(Cc2ccccc2Cl)S(C)(=O)=O)cc1. The average Bonchev–Trinajstić information content (AvgIpc) is 2.65. The quantitative estimate of drug-likeness (QED) is 0.614. The van der Waals surface area contributed by atoms with Gasteiger partial charge in [-0.05, 0) is 42.8 Å². The molecule has 9 heteroatoms. The van der Waals surface area contributed by atoms with E-state index in [1.807, 2.05) is 6.92 Å². The van der Waals surface area contributed by atoms with E-state index in [9.17, 15) is 13.2 Å². The number of anilines is 1. The van der Waals surface area contributed by atoms with Crippen LogP contribution in [0.25, 0.3) is 0 Å². The molecule has 1 atom stereocenters. The molecule has 0 aliphatic rings. The first-order valence-electron chi connectivity index (χ1n) is 8.93. The Bertz CT molecular complexity index is 919. The van der Waals surface area contributed by atoms with E-state index in [2.05, 4.69) is 5.32 Å². The van der Waals surface area contributed by atoms with Gasteiger partial charge in [0.15, 0.2) is 6.61 Å². The molecule has 7 nitrogen and oxygen atoms in total. The molecule has 0 aromatic heterocycles. The van der Waals surface area contributed by atoms with Gasteiger partial charge in [-0.1, -0.05) is 29.8 Å². The molecule has 158 valence electrons. The summed E-state index contributed by atoms with van der Waals surface area (Å²) in [5, 5.41) is 3.24. The van der Waals surface area contributed by atoms with Crippen molar-refractivity contribution in [1.29, 1.82) is 0 Å². The fourth-order valence-corrected chi connectivity index (χ4v) is 3.72. The van der Waals surface area contributed by atoms with Crippen molar-refractivity contribution in [2.45, 2.75) is 19.5 Å². The Kier molecular flexibility index (Phi) is 8.31. The highest BCUT2D eigenvalue weighted by Crippen LogP contribution is 2.26. The standard InChI is InChI=1S/C20H25ClN2O5S/c1-15(13-27-2)22-20(24)14-28-18-10-8-17(9-11-18)23(29(3,25)26)12-16-6-4-5-7-19(16)21/h4-11,15H,12-14H2,1-3H3,(H,22,24). The predicted molar refractivity (Wildman–Crippen MR) is 114 cm³/mol. The van der Waals surface area contributed by atoms with E-state index in [0.717, 1.165) is 6.26 Å². The van der Waals surface area contributed by atoms with Crippen LogP contribution in [0.4, 0.5) is 5.69 Å². The first-order valence-corrected chi connectivity index (χ1v) is 11.2. The van der Waals surface area contributed by atoms with Crippen molar-refractivity contribution in [2.75, 3.05) is 30.9 Å². The topological polar surface area (TPSA) is 84.9 Å². The van der Waals surface area contributed by atoms with Crippen LogP contribution >= 0.6 is 11.6 Å². The van der Waals surface area contributed by atoms with Gasteiger partial charge < -0.3 is 14.8 Å².